The summed E-state index contributed by atoms with van der Waals surface area (Å²) in [5, 5.41) is -0.175. The van der Waals surface area contributed by atoms with Crippen molar-refractivity contribution < 1.29 is 0 Å². The largest absolute Gasteiger partial charge is 0.295 e. The van der Waals surface area contributed by atoms with Crippen LogP contribution in [0.1, 0.15) is 30.6 Å². The Labute approximate surface area is 137 Å². The fourth-order valence-corrected chi connectivity index (χ4v) is 3.08. The highest BCUT2D eigenvalue weighted by Crippen LogP contribution is 2.30. The Morgan fingerprint density at radius 2 is 2.14 bits per heavy atom. The van der Waals surface area contributed by atoms with E-state index in [4.69, 9.17) is 11.6 Å². The molecule has 5 heteroatoms. The molecule has 0 N–H and O–H groups in total. The lowest BCUT2D eigenvalue weighted by Gasteiger charge is -2.14. The molecule has 108 valence electrons. The van der Waals surface area contributed by atoms with E-state index in [2.05, 4.69) is 49.5 Å². The SMILES string of the molecule is CCc1cc(Br)ccc1-n1c(C(C)Cl)nc2cnccc21. The van der Waals surface area contributed by atoms with E-state index in [9.17, 15) is 0 Å². The summed E-state index contributed by atoms with van der Waals surface area (Å²) in [7, 11) is 0. The summed E-state index contributed by atoms with van der Waals surface area (Å²) in [6, 6.07) is 8.27. The van der Waals surface area contributed by atoms with Crippen molar-refractivity contribution in [1.82, 2.24) is 14.5 Å². The van der Waals surface area contributed by atoms with Crippen molar-refractivity contribution >= 4 is 38.6 Å². The number of hydrogen-bond acceptors (Lipinski definition) is 2. The Hall–Kier alpha value is -1.39. The average molecular weight is 365 g/mol. The molecule has 0 saturated carbocycles. The van der Waals surface area contributed by atoms with Gasteiger partial charge in [0, 0.05) is 10.7 Å². The third-order valence-electron chi connectivity index (χ3n) is 3.50. The zero-order valence-electron chi connectivity index (χ0n) is 11.8. The summed E-state index contributed by atoms with van der Waals surface area (Å²) in [6.45, 7) is 4.09. The number of alkyl halides is 1. The molecule has 21 heavy (non-hydrogen) atoms. The third kappa shape index (κ3) is 2.58. The first-order valence-corrected chi connectivity index (χ1v) is 8.10. The topological polar surface area (TPSA) is 30.7 Å². The van der Waals surface area contributed by atoms with Crippen molar-refractivity contribution in [3.63, 3.8) is 0 Å². The van der Waals surface area contributed by atoms with Crippen molar-refractivity contribution in [2.45, 2.75) is 25.6 Å². The zero-order chi connectivity index (χ0) is 15.0. The van der Waals surface area contributed by atoms with Crippen molar-refractivity contribution in [3.05, 3.63) is 52.5 Å². The molecule has 1 unspecified atom stereocenters. The summed E-state index contributed by atoms with van der Waals surface area (Å²) in [6.07, 6.45) is 4.50. The second-order valence-electron chi connectivity index (χ2n) is 4.91. The highest BCUT2D eigenvalue weighted by molar-refractivity contribution is 9.10. The monoisotopic (exact) mass is 363 g/mol. The molecule has 3 nitrogen and oxygen atoms in total. The van der Waals surface area contributed by atoms with E-state index in [-0.39, 0.29) is 5.38 Å². The predicted molar refractivity (Wildman–Crippen MR) is 90.2 cm³/mol. The number of pyridine rings is 1. The van der Waals surface area contributed by atoms with E-state index in [0.29, 0.717) is 0 Å². The second kappa shape index (κ2) is 5.78. The molecule has 0 aliphatic carbocycles. The number of hydrogen-bond donors (Lipinski definition) is 0. The summed E-state index contributed by atoms with van der Waals surface area (Å²) in [5.74, 6) is 0.844. The molecule has 3 rings (SSSR count). The summed E-state index contributed by atoms with van der Waals surface area (Å²) in [5.41, 5.74) is 4.27. The van der Waals surface area contributed by atoms with Crippen molar-refractivity contribution in [1.29, 1.82) is 0 Å². The molecular formula is C16H15BrClN3. The molecular weight excluding hydrogens is 350 g/mol. The van der Waals surface area contributed by atoms with Crippen LogP contribution in [-0.2, 0) is 6.42 Å². The van der Waals surface area contributed by atoms with Gasteiger partial charge in [0.2, 0.25) is 0 Å². The van der Waals surface area contributed by atoms with Crippen LogP contribution in [0, 0.1) is 0 Å². The lowest BCUT2D eigenvalue weighted by molar-refractivity contribution is 0.872. The van der Waals surface area contributed by atoms with Gasteiger partial charge in [-0.2, -0.15) is 0 Å². The Kier molecular flexibility index (Phi) is 4.00. The summed E-state index contributed by atoms with van der Waals surface area (Å²) >= 11 is 9.88. The van der Waals surface area contributed by atoms with Crippen molar-refractivity contribution in [2.24, 2.45) is 0 Å². The Bertz CT molecular complexity index is 795. The van der Waals surface area contributed by atoms with E-state index < -0.39 is 0 Å². The zero-order valence-corrected chi connectivity index (χ0v) is 14.2. The van der Waals surface area contributed by atoms with Gasteiger partial charge >= 0.3 is 0 Å². The van der Waals surface area contributed by atoms with Crippen LogP contribution in [0.2, 0.25) is 0 Å². The van der Waals surface area contributed by atoms with Gasteiger partial charge in [0.1, 0.15) is 11.3 Å². The quantitative estimate of drug-likeness (QED) is 0.609. The average Bonchev–Trinajstić information content (AvgIpc) is 2.86. The van der Waals surface area contributed by atoms with Gasteiger partial charge in [-0.1, -0.05) is 22.9 Å². The lowest BCUT2D eigenvalue weighted by atomic mass is 10.1. The van der Waals surface area contributed by atoms with Crippen LogP contribution in [0.5, 0.6) is 0 Å². The van der Waals surface area contributed by atoms with Crippen LogP contribution in [0.3, 0.4) is 0 Å². The van der Waals surface area contributed by atoms with Crippen molar-refractivity contribution in [2.75, 3.05) is 0 Å². The standard InChI is InChI=1S/C16H15BrClN3/c1-3-11-8-12(17)4-5-14(11)21-15-6-7-19-9-13(15)20-16(21)10(2)18/h4-10H,3H2,1-2H3. The van der Waals surface area contributed by atoms with Gasteiger partial charge < -0.3 is 0 Å². The van der Waals surface area contributed by atoms with E-state index >= 15 is 0 Å². The van der Waals surface area contributed by atoms with Gasteiger partial charge in [-0.25, -0.2) is 4.98 Å². The van der Waals surface area contributed by atoms with Gasteiger partial charge in [0.05, 0.1) is 22.8 Å². The minimum Gasteiger partial charge on any atom is -0.295 e. The lowest BCUT2D eigenvalue weighted by Crippen LogP contribution is -2.05. The summed E-state index contributed by atoms with van der Waals surface area (Å²) < 4.78 is 3.22. The number of nitrogens with zero attached hydrogens (tertiary/aromatic N) is 3. The first-order valence-electron chi connectivity index (χ1n) is 6.87. The first kappa shape index (κ1) is 14.5. The predicted octanol–water partition coefficient (Wildman–Crippen LogP) is 5.05. The summed E-state index contributed by atoms with van der Waals surface area (Å²) in [4.78, 5) is 8.79. The number of halogens is 2. The number of rotatable bonds is 3. The molecule has 0 bridgehead atoms. The molecule has 1 atom stereocenters. The number of imidazole rings is 1. The number of benzene rings is 1. The van der Waals surface area contributed by atoms with E-state index in [0.717, 1.165) is 33.4 Å². The number of fused-ring (bicyclic) bond motifs is 1. The maximum atomic E-state index is 6.34. The maximum Gasteiger partial charge on any atom is 0.132 e. The molecule has 0 amide bonds. The van der Waals surface area contributed by atoms with Gasteiger partial charge in [0.25, 0.3) is 0 Å². The fraction of sp³-hybridized carbons (Fsp3) is 0.250. The third-order valence-corrected chi connectivity index (χ3v) is 4.19. The van der Waals surface area contributed by atoms with Crippen LogP contribution < -0.4 is 0 Å². The van der Waals surface area contributed by atoms with Crippen LogP contribution in [-0.4, -0.2) is 14.5 Å². The molecule has 0 aliphatic rings. The van der Waals surface area contributed by atoms with Gasteiger partial charge in [-0.3, -0.25) is 9.55 Å². The Morgan fingerprint density at radius 1 is 1.33 bits per heavy atom. The van der Waals surface area contributed by atoms with Crippen LogP contribution in [0.15, 0.2) is 41.1 Å². The van der Waals surface area contributed by atoms with Gasteiger partial charge in [-0.15, -0.1) is 11.6 Å². The molecule has 0 saturated heterocycles. The molecule has 0 fully saturated rings. The van der Waals surface area contributed by atoms with E-state index in [1.165, 1.54) is 5.56 Å². The molecule has 1 aromatic carbocycles. The van der Waals surface area contributed by atoms with Gasteiger partial charge in [0.15, 0.2) is 0 Å². The number of aromatic nitrogens is 3. The Balaban J connectivity index is 2.36. The smallest absolute Gasteiger partial charge is 0.132 e. The second-order valence-corrected chi connectivity index (χ2v) is 6.48. The van der Waals surface area contributed by atoms with Crippen molar-refractivity contribution in [3.8, 4) is 5.69 Å². The van der Waals surface area contributed by atoms with E-state index in [1.807, 2.05) is 19.1 Å². The molecule has 0 aliphatic heterocycles. The molecule has 2 heterocycles. The fourth-order valence-electron chi connectivity index (χ4n) is 2.53. The molecule has 2 aromatic heterocycles. The normalized spacial score (nSPS) is 12.8. The highest BCUT2D eigenvalue weighted by Gasteiger charge is 2.18. The minimum absolute atomic E-state index is 0.175. The van der Waals surface area contributed by atoms with Crippen LogP contribution in [0.4, 0.5) is 0 Å². The van der Waals surface area contributed by atoms with Crippen LogP contribution in [0.25, 0.3) is 16.7 Å². The molecule has 3 aromatic rings. The number of aryl methyl sites for hydroxylation is 1. The van der Waals surface area contributed by atoms with Gasteiger partial charge in [-0.05, 0) is 43.2 Å². The first-order chi connectivity index (χ1) is 10.1. The highest BCUT2D eigenvalue weighted by atomic mass is 79.9. The Morgan fingerprint density at radius 3 is 2.86 bits per heavy atom. The van der Waals surface area contributed by atoms with Crippen LogP contribution >= 0.6 is 27.5 Å². The molecule has 0 spiro atoms. The minimum atomic E-state index is -0.175. The maximum absolute atomic E-state index is 6.34. The van der Waals surface area contributed by atoms with E-state index in [1.54, 1.807) is 12.4 Å². The molecule has 0 radical (unpaired) electrons.